The van der Waals surface area contributed by atoms with Crippen LogP contribution in [-0.2, 0) is 4.74 Å². The molecule has 1 fully saturated rings. The van der Waals surface area contributed by atoms with Gasteiger partial charge in [0.25, 0.3) is 0 Å². The van der Waals surface area contributed by atoms with Crippen molar-refractivity contribution < 1.29 is 9.47 Å². The molecule has 1 saturated carbocycles. The molecule has 0 radical (unpaired) electrons. The molecule has 0 spiro atoms. The second-order valence-corrected chi connectivity index (χ2v) is 4.95. The van der Waals surface area contributed by atoms with Crippen molar-refractivity contribution in [1.82, 2.24) is 5.43 Å². The Balaban J connectivity index is 1.88. The van der Waals surface area contributed by atoms with Crippen molar-refractivity contribution in [3.63, 3.8) is 0 Å². The minimum Gasteiger partial charge on any atom is -0.490 e. The highest BCUT2D eigenvalue weighted by atomic mass is 16.5. The van der Waals surface area contributed by atoms with Gasteiger partial charge in [0.1, 0.15) is 5.75 Å². The van der Waals surface area contributed by atoms with E-state index in [1.54, 1.807) is 0 Å². The van der Waals surface area contributed by atoms with Crippen molar-refractivity contribution >= 4 is 0 Å². The summed E-state index contributed by atoms with van der Waals surface area (Å²) in [5.74, 6) is 6.60. The lowest BCUT2D eigenvalue weighted by Gasteiger charge is -2.17. The fourth-order valence-corrected chi connectivity index (χ4v) is 2.06. The SMILES string of the molecule is CCOCCCC(NN)c1cccc(OC2CC2)c1. The number of benzene rings is 1. The molecule has 0 aromatic heterocycles. The maximum atomic E-state index is 5.81. The van der Waals surface area contributed by atoms with Crippen molar-refractivity contribution in [2.75, 3.05) is 13.2 Å². The monoisotopic (exact) mass is 264 g/mol. The van der Waals surface area contributed by atoms with Gasteiger partial charge in [-0.05, 0) is 50.3 Å². The van der Waals surface area contributed by atoms with E-state index in [0.717, 1.165) is 31.8 Å². The smallest absolute Gasteiger partial charge is 0.120 e. The Kier molecular flexibility index (Phi) is 5.63. The van der Waals surface area contributed by atoms with E-state index in [2.05, 4.69) is 17.6 Å². The molecule has 4 nitrogen and oxygen atoms in total. The zero-order valence-corrected chi connectivity index (χ0v) is 11.6. The summed E-state index contributed by atoms with van der Waals surface area (Å²) in [5, 5.41) is 0. The fraction of sp³-hybridized carbons (Fsp3) is 0.600. The number of ether oxygens (including phenoxy) is 2. The summed E-state index contributed by atoms with van der Waals surface area (Å²) in [5.41, 5.74) is 4.06. The van der Waals surface area contributed by atoms with Crippen molar-refractivity contribution in [2.45, 2.75) is 44.8 Å². The van der Waals surface area contributed by atoms with Gasteiger partial charge in [-0.1, -0.05) is 12.1 Å². The lowest BCUT2D eigenvalue weighted by atomic mass is 10.0. The molecule has 1 atom stereocenters. The summed E-state index contributed by atoms with van der Waals surface area (Å²) in [6.45, 7) is 3.57. The molecule has 0 heterocycles. The van der Waals surface area contributed by atoms with Crippen molar-refractivity contribution in [3.05, 3.63) is 29.8 Å². The van der Waals surface area contributed by atoms with Crippen LogP contribution >= 0.6 is 0 Å². The second kappa shape index (κ2) is 7.48. The Bertz CT molecular complexity index is 380. The van der Waals surface area contributed by atoms with E-state index >= 15 is 0 Å². The maximum Gasteiger partial charge on any atom is 0.120 e. The quantitative estimate of drug-likeness (QED) is 0.409. The van der Waals surface area contributed by atoms with Crippen LogP contribution in [0.1, 0.15) is 44.2 Å². The van der Waals surface area contributed by atoms with Crippen molar-refractivity contribution in [2.24, 2.45) is 5.84 Å². The molecule has 0 bridgehead atoms. The molecule has 0 amide bonds. The summed E-state index contributed by atoms with van der Waals surface area (Å²) < 4.78 is 11.2. The summed E-state index contributed by atoms with van der Waals surface area (Å²) in [6, 6.07) is 8.37. The molecular formula is C15H24N2O2. The van der Waals surface area contributed by atoms with Gasteiger partial charge < -0.3 is 9.47 Å². The molecule has 3 N–H and O–H groups in total. The van der Waals surface area contributed by atoms with Gasteiger partial charge in [-0.3, -0.25) is 11.3 Å². The first-order valence-corrected chi connectivity index (χ1v) is 7.14. The molecule has 1 aliphatic rings. The molecule has 1 unspecified atom stereocenters. The van der Waals surface area contributed by atoms with Crippen molar-refractivity contribution in [3.8, 4) is 5.75 Å². The number of hydrazine groups is 1. The van der Waals surface area contributed by atoms with Gasteiger partial charge in [0, 0.05) is 19.3 Å². The normalized spacial score (nSPS) is 16.3. The van der Waals surface area contributed by atoms with E-state index in [9.17, 15) is 0 Å². The summed E-state index contributed by atoms with van der Waals surface area (Å²) in [4.78, 5) is 0. The predicted octanol–water partition coefficient (Wildman–Crippen LogP) is 2.55. The van der Waals surface area contributed by atoms with Crippen LogP contribution < -0.4 is 16.0 Å². The lowest BCUT2D eigenvalue weighted by Crippen LogP contribution is -2.28. The molecule has 1 aromatic carbocycles. The molecule has 1 aromatic rings. The Morgan fingerprint density at radius 2 is 2.26 bits per heavy atom. The third-order valence-electron chi connectivity index (χ3n) is 3.27. The van der Waals surface area contributed by atoms with Gasteiger partial charge in [-0.25, -0.2) is 0 Å². The topological polar surface area (TPSA) is 56.5 Å². The van der Waals surface area contributed by atoms with Gasteiger partial charge in [-0.15, -0.1) is 0 Å². The van der Waals surface area contributed by atoms with Gasteiger partial charge in [-0.2, -0.15) is 0 Å². The van der Waals surface area contributed by atoms with Crippen LogP contribution in [0, 0.1) is 0 Å². The van der Waals surface area contributed by atoms with Crippen LogP contribution in [0.2, 0.25) is 0 Å². The highest BCUT2D eigenvalue weighted by Gasteiger charge is 2.23. The number of rotatable bonds is 9. The molecule has 4 heteroatoms. The standard InChI is InChI=1S/C15H24N2O2/c1-2-18-10-4-7-15(17-16)12-5-3-6-14(11-12)19-13-8-9-13/h3,5-6,11,13,15,17H,2,4,7-10,16H2,1H3. The average Bonchev–Trinajstić information content (AvgIpc) is 3.23. The van der Waals surface area contributed by atoms with Crippen LogP contribution in [0.5, 0.6) is 5.75 Å². The molecule has 1 aliphatic carbocycles. The van der Waals surface area contributed by atoms with Crippen LogP contribution in [0.25, 0.3) is 0 Å². The Labute approximate surface area is 115 Å². The van der Waals surface area contributed by atoms with E-state index in [1.807, 2.05) is 19.1 Å². The van der Waals surface area contributed by atoms with E-state index in [0.29, 0.717) is 6.10 Å². The third kappa shape index (κ3) is 4.82. The van der Waals surface area contributed by atoms with Gasteiger partial charge in [0.05, 0.1) is 6.10 Å². The number of hydrogen-bond acceptors (Lipinski definition) is 4. The summed E-state index contributed by atoms with van der Waals surface area (Å²) >= 11 is 0. The summed E-state index contributed by atoms with van der Waals surface area (Å²) in [7, 11) is 0. The van der Waals surface area contributed by atoms with Crippen molar-refractivity contribution in [1.29, 1.82) is 0 Å². The second-order valence-electron chi connectivity index (χ2n) is 4.95. The third-order valence-corrected chi connectivity index (χ3v) is 3.27. The lowest BCUT2D eigenvalue weighted by molar-refractivity contribution is 0.141. The van der Waals surface area contributed by atoms with E-state index in [4.69, 9.17) is 15.3 Å². The first-order valence-electron chi connectivity index (χ1n) is 7.14. The Hall–Kier alpha value is -1.10. The summed E-state index contributed by atoms with van der Waals surface area (Å²) in [6.07, 6.45) is 4.74. The number of nitrogens with two attached hydrogens (primary N) is 1. The fourth-order valence-electron chi connectivity index (χ4n) is 2.06. The molecule has 0 saturated heterocycles. The molecule has 2 rings (SSSR count). The molecular weight excluding hydrogens is 240 g/mol. The van der Waals surface area contributed by atoms with E-state index < -0.39 is 0 Å². The van der Waals surface area contributed by atoms with Crippen LogP contribution in [0.15, 0.2) is 24.3 Å². The largest absolute Gasteiger partial charge is 0.490 e. The average molecular weight is 264 g/mol. The molecule has 106 valence electrons. The Morgan fingerprint density at radius 1 is 1.42 bits per heavy atom. The van der Waals surface area contributed by atoms with E-state index in [1.165, 1.54) is 18.4 Å². The van der Waals surface area contributed by atoms with Gasteiger partial charge >= 0.3 is 0 Å². The first kappa shape index (κ1) is 14.3. The number of nitrogens with one attached hydrogen (secondary N) is 1. The van der Waals surface area contributed by atoms with Crippen LogP contribution in [-0.4, -0.2) is 19.3 Å². The number of hydrogen-bond donors (Lipinski definition) is 2. The first-order chi connectivity index (χ1) is 9.33. The minimum absolute atomic E-state index is 0.156. The molecule has 19 heavy (non-hydrogen) atoms. The van der Waals surface area contributed by atoms with E-state index in [-0.39, 0.29) is 6.04 Å². The maximum absolute atomic E-state index is 5.81. The van der Waals surface area contributed by atoms with Gasteiger partial charge in [0.15, 0.2) is 0 Å². The van der Waals surface area contributed by atoms with Gasteiger partial charge in [0.2, 0.25) is 0 Å². The highest BCUT2D eigenvalue weighted by Crippen LogP contribution is 2.29. The highest BCUT2D eigenvalue weighted by molar-refractivity contribution is 5.31. The van der Waals surface area contributed by atoms with Crippen LogP contribution in [0.4, 0.5) is 0 Å². The zero-order chi connectivity index (χ0) is 13.5. The minimum atomic E-state index is 0.156. The molecule has 0 aliphatic heterocycles. The van der Waals surface area contributed by atoms with Crippen LogP contribution in [0.3, 0.4) is 0 Å². The predicted molar refractivity (Wildman–Crippen MR) is 75.9 cm³/mol. The Morgan fingerprint density at radius 3 is 2.95 bits per heavy atom. The zero-order valence-electron chi connectivity index (χ0n) is 11.6.